The fourth-order valence-corrected chi connectivity index (χ4v) is 3.34. The first-order valence-electron chi connectivity index (χ1n) is 8.00. The van der Waals surface area contributed by atoms with Crippen molar-refractivity contribution in [3.05, 3.63) is 41.7 Å². The highest BCUT2D eigenvalue weighted by Gasteiger charge is 2.38. The Morgan fingerprint density at radius 3 is 2.78 bits per heavy atom. The third-order valence-corrected chi connectivity index (χ3v) is 4.49. The van der Waals surface area contributed by atoms with Crippen LogP contribution in [0, 0.1) is 0 Å². The summed E-state index contributed by atoms with van der Waals surface area (Å²) in [5.74, 6) is 0.460. The van der Waals surface area contributed by atoms with Crippen LogP contribution >= 0.6 is 0 Å². The summed E-state index contributed by atoms with van der Waals surface area (Å²) in [6, 6.07) is 9.83. The van der Waals surface area contributed by atoms with E-state index in [1.165, 1.54) is 6.92 Å². The van der Waals surface area contributed by atoms with Crippen molar-refractivity contribution < 1.29 is 9.53 Å². The molecule has 0 saturated carbocycles. The second kappa shape index (κ2) is 6.10. The molecule has 0 aliphatic carbocycles. The van der Waals surface area contributed by atoms with E-state index < -0.39 is 0 Å². The highest BCUT2D eigenvalue weighted by atomic mass is 16.5. The second-order valence-electron chi connectivity index (χ2n) is 6.70. The normalized spacial score (nSPS) is 21.1. The lowest BCUT2D eigenvalue weighted by atomic mass is 9.90. The number of esters is 1. The lowest BCUT2D eigenvalue weighted by Gasteiger charge is -2.26. The van der Waals surface area contributed by atoms with Crippen LogP contribution < -0.4 is 0 Å². The third kappa shape index (κ3) is 3.11. The monoisotopic (exact) mass is 314 g/mol. The lowest BCUT2D eigenvalue weighted by molar-refractivity contribution is -0.148. The Hall–Kier alpha value is -2.24. The standard InChI is InChI=1S/C17H22N4O2/c1-12(22)23-15(13-8-5-4-6-9-13)14-10-7-11-17(2,3)21-16(14)18-19-20-21/h4-6,8-9,14-15H,7,10-11H2,1-3H3. The lowest BCUT2D eigenvalue weighted by Crippen LogP contribution is -2.29. The summed E-state index contributed by atoms with van der Waals surface area (Å²) >= 11 is 0. The van der Waals surface area contributed by atoms with Gasteiger partial charge in [-0.25, -0.2) is 4.68 Å². The van der Waals surface area contributed by atoms with Crippen LogP contribution in [0.3, 0.4) is 0 Å². The minimum absolute atomic E-state index is 0.0434. The van der Waals surface area contributed by atoms with Crippen LogP contribution in [0.25, 0.3) is 0 Å². The number of nitrogens with zero attached hydrogens (tertiary/aromatic N) is 4. The largest absolute Gasteiger partial charge is 0.457 e. The SMILES string of the molecule is CC(=O)OC(c1ccccc1)C1CCCC(C)(C)n2nnnc21. The van der Waals surface area contributed by atoms with Crippen molar-refractivity contribution in [1.82, 2.24) is 20.2 Å². The van der Waals surface area contributed by atoms with Gasteiger partial charge >= 0.3 is 5.97 Å². The number of hydrogen-bond acceptors (Lipinski definition) is 5. The summed E-state index contributed by atoms with van der Waals surface area (Å²) in [5.41, 5.74) is 0.840. The Labute approximate surface area is 135 Å². The first kappa shape index (κ1) is 15.6. The number of carbonyl (C=O) groups excluding carboxylic acids is 1. The molecule has 2 aromatic rings. The Morgan fingerprint density at radius 1 is 1.35 bits per heavy atom. The Kier molecular flexibility index (Phi) is 4.15. The number of carbonyl (C=O) groups is 1. The molecule has 0 radical (unpaired) electrons. The van der Waals surface area contributed by atoms with E-state index >= 15 is 0 Å². The van der Waals surface area contributed by atoms with E-state index in [-0.39, 0.29) is 23.5 Å². The number of hydrogen-bond donors (Lipinski definition) is 0. The van der Waals surface area contributed by atoms with Crippen LogP contribution in [-0.2, 0) is 15.1 Å². The zero-order valence-corrected chi connectivity index (χ0v) is 13.8. The van der Waals surface area contributed by atoms with E-state index in [1.54, 1.807) is 0 Å². The number of fused-ring (bicyclic) bond motifs is 1. The predicted octanol–water partition coefficient (Wildman–Crippen LogP) is 2.98. The molecule has 1 aliphatic heterocycles. The number of tetrazole rings is 1. The Bertz CT molecular complexity index is 681. The average Bonchev–Trinajstić information content (AvgIpc) is 2.96. The third-order valence-electron chi connectivity index (χ3n) is 4.49. The van der Waals surface area contributed by atoms with Crippen molar-refractivity contribution >= 4 is 5.97 Å². The molecule has 0 saturated heterocycles. The van der Waals surface area contributed by atoms with E-state index in [9.17, 15) is 4.79 Å². The van der Waals surface area contributed by atoms with Gasteiger partial charge in [0.2, 0.25) is 0 Å². The summed E-state index contributed by atoms with van der Waals surface area (Å²) in [7, 11) is 0. The van der Waals surface area contributed by atoms with Gasteiger partial charge < -0.3 is 4.74 Å². The molecule has 23 heavy (non-hydrogen) atoms. The van der Waals surface area contributed by atoms with Gasteiger partial charge in [-0.1, -0.05) is 36.8 Å². The Morgan fingerprint density at radius 2 is 2.09 bits per heavy atom. The van der Waals surface area contributed by atoms with Crippen LogP contribution in [0.15, 0.2) is 30.3 Å². The molecule has 1 aliphatic rings. The van der Waals surface area contributed by atoms with Gasteiger partial charge in [-0.3, -0.25) is 4.79 Å². The molecule has 0 spiro atoms. The topological polar surface area (TPSA) is 69.9 Å². The molecule has 0 fully saturated rings. The maximum absolute atomic E-state index is 11.7. The quantitative estimate of drug-likeness (QED) is 0.815. The fourth-order valence-electron chi connectivity index (χ4n) is 3.34. The maximum Gasteiger partial charge on any atom is 0.303 e. The number of aromatic nitrogens is 4. The van der Waals surface area contributed by atoms with Gasteiger partial charge in [0.1, 0.15) is 6.10 Å². The van der Waals surface area contributed by atoms with Crippen molar-refractivity contribution in [2.45, 2.75) is 57.6 Å². The molecule has 0 bridgehead atoms. The molecule has 6 nitrogen and oxygen atoms in total. The molecule has 122 valence electrons. The van der Waals surface area contributed by atoms with Crippen LogP contribution in [0.4, 0.5) is 0 Å². The van der Waals surface area contributed by atoms with Crippen molar-refractivity contribution in [1.29, 1.82) is 0 Å². The van der Waals surface area contributed by atoms with Crippen LogP contribution in [0.1, 0.15) is 63.4 Å². The molecule has 0 N–H and O–H groups in total. The summed E-state index contributed by atoms with van der Waals surface area (Å²) in [6.45, 7) is 5.72. The fraction of sp³-hybridized carbons (Fsp3) is 0.529. The summed E-state index contributed by atoms with van der Waals surface area (Å²) in [4.78, 5) is 11.7. The van der Waals surface area contributed by atoms with E-state index in [4.69, 9.17) is 4.74 Å². The van der Waals surface area contributed by atoms with Crippen molar-refractivity contribution in [2.24, 2.45) is 0 Å². The minimum atomic E-state index is -0.368. The molecular formula is C17H22N4O2. The summed E-state index contributed by atoms with van der Waals surface area (Å²) in [6.07, 6.45) is 2.53. The molecule has 6 heteroatoms. The smallest absolute Gasteiger partial charge is 0.303 e. The van der Waals surface area contributed by atoms with Crippen molar-refractivity contribution in [3.63, 3.8) is 0 Å². The number of ether oxygens (including phenoxy) is 1. The highest BCUT2D eigenvalue weighted by Crippen LogP contribution is 2.41. The highest BCUT2D eigenvalue weighted by molar-refractivity contribution is 5.66. The van der Waals surface area contributed by atoms with Gasteiger partial charge in [-0.05, 0) is 42.7 Å². The average molecular weight is 314 g/mol. The maximum atomic E-state index is 11.7. The molecule has 3 rings (SSSR count). The minimum Gasteiger partial charge on any atom is -0.457 e. The van der Waals surface area contributed by atoms with Crippen molar-refractivity contribution in [2.75, 3.05) is 0 Å². The zero-order chi connectivity index (χ0) is 16.4. The molecular weight excluding hydrogens is 292 g/mol. The van der Waals surface area contributed by atoms with E-state index in [0.29, 0.717) is 0 Å². The zero-order valence-electron chi connectivity index (χ0n) is 13.8. The van der Waals surface area contributed by atoms with E-state index in [1.807, 2.05) is 35.0 Å². The van der Waals surface area contributed by atoms with Gasteiger partial charge in [0.25, 0.3) is 0 Å². The number of benzene rings is 1. The van der Waals surface area contributed by atoms with Gasteiger partial charge in [0, 0.05) is 6.92 Å². The van der Waals surface area contributed by atoms with Crippen molar-refractivity contribution in [3.8, 4) is 0 Å². The van der Waals surface area contributed by atoms with E-state index in [0.717, 1.165) is 30.7 Å². The summed E-state index contributed by atoms with van der Waals surface area (Å²) in [5, 5.41) is 12.3. The van der Waals surface area contributed by atoms with Crippen LogP contribution in [-0.4, -0.2) is 26.2 Å². The molecule has 2 heterocycles. The molecule has 0 amide bonds. The van der Waals surface area contributed by atoms with Gasteiger partial charge in [-0.15, -0.1) is 5.10 Å². The predicted molar refractivity (Wildman–Crippen MR) is 84.7 cm³/mol. The molecule has 2 unspecified atom stereocenters. The van der Waals surface area contributed by atoms with Gasteiger partial charge in [0.05, 0.1) is 11.5 Å². The molecule has 1 aromatic carbocycles. The number of rotatable bonds is 3. The van der Waals surface area contributed by atoms with Gasteiger partial charge in [-0.2, -0.15) is 0 Å². The van der Waals surface area contributed by atoms with Gasteiger partial charge in [0.15, 0.2) is 5.82 Å². The van der Waals surface area contributed by atoms with Crippen LogP contribution in [0.2, 0.25) is 0 Å². The van der Waals surface area contributed by atoms with E-state index in [2.05, 4.69) is 29.4 Å². The Balaban J connectivity index is 2.04. The molecule has 1 aromatic heterocycles. The van der Waals surface area contributed by atoms with Crippen LogP contribution in [0.5, 0.6) is 0 Å². The molecule has 2 atom stereocenters. The first-order chi connectivity index (χ1) is 11.0. The second-order valence-corrected chi connectivity index (χ2v) is 6.70. The summed E-state index contributed by atoms with van der Waals surface area (Å²) < 4.78 is 7.57. The first-order valence-corrected chi connectivity index (χ1v) is 8.00.